The van der Waals surface area contributed by atoms with Gasteiger partial charge in [-0.3, -0.25) is 20.3 Å². The monoisotopic (exact) mass is 605 g/mol. The molecule has 3 atom stereocenters. The number of aryl methyl sites for hydroxylation is 1. The van der Waals surface area contributed by atoms with Crippen LogP contribution in [0.4, 0.5) is 9.59 Å². The molecule has 5 N–H and O–H groups in total. The highest BCUT2D eigenvalue weighted by molar-refractivity contribution is 7.09. The number of thiophene rings is 1. The zero-order valence-corrected chi connectivity index (χ0v) is 25.8. The molecule has 0 radical (unpaired) electrons. The number of aliphatic hydroxyl groups is 1. The molecule has 0 aliphatic heterocycles. The van der Waals surface area contributed by atoms with E-state index in [0.29, 0.717) is 19.4 Å². The molecular formula is C29H43N5O7S. The Kier molecular flexibility index (Phi) is 13.7. The van der Waals surface area contributed by atoms with Crippen LogP contribution < -0.4 is 21.4 Å². The fraction of sp³-hybridized carbons (Fsp3) is 0.517. The Morgan fingerprint density at radius 1 is 0.952 bits per heavy atom. The summed E-state index contributed by atoms with van der Waals surface area (Å²) in [6.07, 6.45) is -0.637. The number of nitrogens with zero attached hydrogens (tertiary/aromatic N) is 1. The first-order valence-electron chi connectivity index (χ1n) is 13.7. The number of hydrogen-bond donors (Lipinski definition) is 5. The van der Waals surface area contributed by atoms with E-state index >= 15 is 0 Å². The van der Waals surface area contributed by atoms with Gasteiger partial charge in [-0.2, -0.15) is 0 Å². The van der Waals surface area contributed by atoms with Gasteiger partial charge in [-0.15, -0.1) is 11.3 Å². The smallest absolute Gasteiger partial charge is 0.409 e. The van der Waals surface area contributed by atoms with Crippen molar-refractivity contribution < 1.29 is 33.8 Å². The molecule has 232 valence electrons. The number of hydrazine groups is 1. The lowest BCUT2D eigenvalue weighted by molar-refractivity contribution is -0.149. The molecule has 13 heteroatoms. The third-order valence-electron chi connectivity index (χ3n) is 6.66. The molecule has 0 spiro atoms. The summed E-state index contributed by atoms with van der Waals surface area (Å²) in [7, 11) is 2.36. The lowest BCUT2D eigenvalue weighted by atomic mass is 9.97. The van der Waals surface area contributed by atoms with Crippen LogP contribution in [0.5, 0.6) is 0 Å². The summed E-state index contributed by atoms with van der Waals surface area (Å²) in [6.45, 7) is 7.26. The van der Waals surface area contributed by atoms with Crippen molar-refractivity contribution >= 4 is 35.3 Å². The van der Waals surface area contributed by atoms with Crippen LogP contribution in [0.2, 0.25) is 0 Å². The second-order valence-electron chi connectivity index (χ2n) is 10.5. The summed E-state index contributed by atoms with van der Waals surface area (Å²) in [5.74, 6) is -2.20. The molecule has 0 saturated heterocycles. The predicted molar refractivity (Wildman–Crippen MR) is 159 cm³/mol. The number of ether oxygens (including phenoxy) is 2. The lowest BCUT2D eigenvalue weighted by Gasteiger charge is -2.34. The second kappa shape index (κ2) is 16.7. The number of rotatable bonds is 15. The van der Waals surface area contributed by atoms with Crippen molar-refractivity contribution in [2.75, 3.05) is 20.8 Å². The van der Waals surface area contributed by atoms with Crippen LogP contribution in [-0.2, 0) is 32.0 Å². The summed E-state index contributed by atoms with van der Waals surface area (Å²) in [5, 5.41) is 22.4. The zero-order chi connectivity index (χ0) is 31.3. The Balaban J connectivity index is 2.35. The normalized spacial score (nSPS) is 14.0. The first-order chi connectivity index (χ1) is 19.9. The van der Waals surface area contributed by atoms with Crippen LogP contribution >= 0.6 is 11.3 Å². The molecule has 0 bridgehead atoms. The van der Waals surface area contributed by atoms with Crippen molar-refractivity contribution in [3.05, 3.63) is 58.3 Å². The molecule has 2 rings (SSSR count). The number of amides is 4. The number of methoxy groups -OCH3 is 2. The summed E-state index contributed by atoms with van der Waals surface area (Å²) in [6, 6.07) is 12.1. The topological polar surface area (TPSA) is 158 Å². The summed E-state index contributed by atoms with van der Waals surface area (Å²) < 4.78 is 9.31. The van der Waals surface area contributed by atoms with Crippen LogP contribution in [0.25, 0.3) is 0 Å². The molecule has 1 aromatic carbocycles. The third-order valence-corrected chi connectivity index (χ3v) is 7.52. The Labute approximate surface area is 251 Å². The number of carbonyl (C=O) groups is 4. The van der Waals surface area contributed by atoms with E-state index < -0.39 is 47.7 Å². The van der Waals surface area contributed by atoms with Gasteiger partial charge in [-0.25, -0.2) is 14.6 Å². The van der Waals surface area contributed by atoms with Gasteiger partial charge in [0.25, 0.3) is 11.8 Å². The maximum Gasteiger partial charge on any atom is 0.409 e. The second-order valence-corrected chi connectivity index (χ2v) is 11.6. The summed E-state index contributed by atoms with van der Waals surface area (Å²) in [4.78, 5) is 51.6. The van der Waals surface area contributed by atoms with Gasteiger partial charge in [-0.05, 0) is 35.8 Å². The van der Waals surface area contributed by atoms with E-state index in [4.69, 9.17) is 0 Å². The van der Waals surface area contributed by atoms with Gasteiger partial charge < -0.3 is 25.2 Å². The van der Waals surface area contributed by atoms with Gasteiger partial charge >= 0.3 is 12.2 Å². The van der Waals surface area contributed by atoms with E-state index in [-0.39, 0.29) is 12.5 Å². The lowest BCUT2D eigenvalue weighted by Crippen LogP contribution is -2.64. The van der Waals surface area contributed by atoms with Crippen molar-refractivity contribution in [3.8, 4) is 0 Å². The number of nitrogens with one attached hydrogen (secondary N) is 4. The highest BCUT2D eigenvalue weighted by atomic mass is 32.1. The standard InChI is InChI=1S/C29H43N5O7S/c1-19(2)24(31-27(37)40-5)25(35)33-34(18-23-13-10-16-42-23)17-22(15-14-21-11-8-7-9-12-21)30-26(36)29(39,20(3)4)32-28(38)41-6/h7-13,16,19-20,22,24,39H,14-15,17-18H2,1-6H3,(H,30,36)(H,31,37)(H,32,38)(H,33,35)/t22-,24-,29+/m0/s1. The highest BCUT2D eigenvalue weighted by Crippen LogP contribution is 2.17. The van der Waals surface area contributed by atoms with E-state index in [1.165, 1.54) is 18.4 Å². The van der Waals surface area contributed by atoms with E-state index in [0.717, 1.165) is 17.6 Å². The van der Waals surface area contributed by atoms with E-state index in [1.54, 1.807) is 32.7 Å². The summed E-state index contributed by atoms with van der Waals surface area (Å²) in [5.41, 5.74) is 1.70. The van der Waals surface area contributed by atoms with Crippen molar-refractivity contribution in [1.82, 2.24) is 26.4 Å². The van der Waals surface area contributed by atoms with Crippen LogP contribution in [0.3, 0.4) is 0 Å². The molecule has 1 aromatic heterocycles. The van der Waals surface area contributed by atoms with Gasteiger partial charge in [0, 0.05) is 23.4 Å². The van der Waals surface area contributed by atoms with Crippen LogP contribution in [-0.4, -0.2) is 72.7 Å². The highest BCUT2D eigenvalue weighted by Gasteiger charge is 2.42. The maximum absolute atomic E-state index is 13.5. The van der Waals surface area contributed by atoms with E-state index in [1.807, 2.05) is 47.8 Å². The van der Waals surface area contributed by atoms with Crippen molar-refractivity contribution in [2.45, 2.75) is 64.9 Å². The molecule has 42 heavy (non-hydrogen) atoms. The van der Waals surface area contributed by atoms with Gasteiger partial charge in [0.05, 0.1) is 20.8 Å². The zero-order valence-electron chi connectivity index (χ0n) is 25.0. The minimum Gasteiger partial charge on any atom is -0.453 e. The molecule has 0 fully saturated rings. The van der Waals surface area contributed by atoms with Crippen LogP contribution in [0.15, 0.2) is 47.8 Å². The van der Waals surface area contributed by atoms with Gasteiger partial charge in [-0.1, -0.05) is 64.1 Å². The first-order valence-corrected chi connectivity index (χ1v) is 14.6. The number of benzene rings is 1. The molecule has 0 aliphatic rings. The van der Waals surface area contributed by atoms with Crippen LogP contribution in [0, 0.1) is 11.8 Å². The third kappa shape index (κ3) is 10.6. The summed E-state index contributed by atoms with van der Waals surface area (Å²) >= 11 is 1.50. The van der Waals surface area contributed by atoms with Gasteiger partial charge in [0.2, 0.25) is 5.72 Å². The minimum atomic E-state index is -2.24. The van der Waals surface area contributed by atoms with Crippen molar-refractivity contribution in [2.24, 2.45) is 11.8 Å². The molecule has 0 saturated carbocycles. The predicted octanol–water partition coefficient (Wildman–Crippen LogP) is 2.78. The fourth-order valence-electron chi connectivity index (χ4n) is 4.11. The Hall–Kier alpha value is -3.68. The largest absolute Gasteiger partial charge is 0.453 e. The van der Waals surface area contributed by atoms with Gasteiger partial charge in [0.15, 0.2) is 0 Å². The maximum atomic E-state index is 13.5. The van der Waals surface area contributed by atoms with E-state index in [2.05, 4.69) is 30.8 Å². The van der Waals surface area contributed by atoms with Crippen molar-refractivity contribution in [3.63, 3.8) is 0 Å². The first kappa shape index (κ1) is 34.5. The van der Waals surface area contributed by atoms with Crippen molar-refractivity contribution in [1.29, 1.82) is 0 Å². The minimum absolute atomic E-state index is 0.150. The number of hydrogen-bond acceptors (Lipinski definition) is 9. The molecule has 4 amide bonds. The fourth-order valence-corrected chi connectivity index (χ4v) is 4.83. The Bertz CT molecular complexity index is 1150. The SMILES string of the molecule is COC(=O)N[C@H](C(=O)NN(Cc1cccs1)C[C@H](CCc1ccccc1)NC(=O)[C@@](O)(NC(=O)OC)C(C)C)C(C)C. The molecular weight excluding hydrogens is 562 g/mol. The van der Waals surface area contributed by atoms with Gasteiger partial charge in [0.1, 0.15) is 6.04 Å². The Morgan fingerprint density at radius 2 is 1.62 bits per heavy atom. The quantitative estimate of drug-likeness (QED) is 0.153. The number of alkyl carbamates (subject to hydrolysis) is 2. The Morgan fingerprint density at radius 3 is 2.17 bits per heavy atom. The molecule has 1 heterocycles. The van der Waals surface area contributed by atoms with E-state index in [9.17, 15) is 24.3 Å². The van der Waals surface area contributed by atoms with Crippen LogP contribution in [0.1, 0.15) is 44.6 Å². The molecule has 0 aliphatic carbocycles. The average molecular weight is 606 g/mol. The number of carbonyl (C=O) groups excluding carboxylic acids is 4. The molecule has 2 aromatic rings. The average Bonchev–Trinajstić information content (AvgIpc) is 3.47. The molecule has 0 unspecified atom stereocenters. The molecule has 12 nitrogen and oxygen atoms in total.